The Morgan fingerprint density at radius 3 is 2.37 bits per heavy atom. The van der Waals surface area contributed by atoms with Gasteiger partial charge in [0.25, 0.3) is 0 Å². The number of ketones is 1. The van der Waals surface area contributed by atoms with Crippen LogP contribution in [0, 0.1) is 16.7 Å². The Kier molecular flexibility index (Phi) is 2.69. The molecule has 0 aromatic heterocycles. The SMILES string of the molecule is CC1(C)[C@@H]2CC[C@@]1(C)C(=O)/C2=C(/Cl)c1ccccc1. The van der Waals surface area contributed by atoms with Crippen LogP contribution in [0.1, 0.15) is 39.2 Å². The van der Waals surface area contributed by atoms with Crippen molar-refractivity contribution < 1.29 is 4.79 Å². The zero-order valence-electron chi connectivity index (χ0n) is 11.7. The van der Waals surface area contributed by atoms with Crippen LogP contribution >= 0.6 is 11.6 Å². The molecule has 0 unspecified atom stereocenters. The lowest BCUT2D eigenvalue weighted by molar-refractivity contribution is -0.125. The summed E-state index contributed by atoms with van der Waals surface area (Å²) in [5, 5.41) is 0.659. The van der Waals surface area contributed by atoms with Crippen molar-refractivity contribution >= 4 is 22.4 Å². The van der Waals surface area contributed by atoms with Gasteiger partial charge in [0, 0.05) is 11.0 Å². The highest BCUT2D eigenvalue weighted by Gasteiger charge is 2.64. The van der Waals surface area contributed by atoms with Gasteiger partial charge in [0.15, 0.2) is 5.78 Å². The number of halogens is 1. The number of carbonyl (C=O) groups excluding carboxylic acids is 1. The zero-order chi connectivity index (χ0) is 13.8. The predicted molar refractivity (Wildman–Crippen MR) is 78.8 cm³/mol. The second-order valence-corrected chi connectivity index (χ2v) is 6.95. The van der Waals surface area contributed by atoms with E-state index >= 15 is 0 Å². The fourth-order valence-corrected chi connectivity index (χ4v) is 4.20. The van der Waals surface area contributed by atoms with Gasteiger partial charge < -0.3 is 0 Å². The van der Waals surface area contributed by atoms with Gasteiger partial charge in [-0.05, 0) is 29.7 Å². The van der Waals surface area contributed by atoms with Crippen molar-refractivity contribution in [3.05, 3.63) is 41.5 Å². The summed E-state index contributed by atoms with van der Waals surface area (Å²) in [6, 6.07) is 9.84. The Morgan fingerprint density at radius 1 is 1.21 bits per heavy atom. The number of benzene rings is 1. The van der Waals surface area contributed by atoms with Gasteiger partial charge in [0.2, 0.25) is 0 Å². The molecule has 0 heterocycles. The molecule has 2 saturated carbocycles. The third-order valence-electron chi connectivity index (χ3n) is 5.58. The smallest absolute Gasteiger partial charge is 0.167 e. The normalized spacial score (nSPS) is 34.7. The molecule has 2 fully saturated rings. The van der Waals surface area contributed by atoms with Crippen LogP contribution in [0.4, 0.5) is 0 Å². The third kappa shape index (κ3) is 1.51. The van der Waals surface area contributed by atoms with E-state index in [1.54, 1.807) is 0 Å². The second-order valence-electron chi connectivity index (χ2n) is 6.57. The van der Waals surface area contributed by atoms with E-state index in [1.165, 1.54) is 0 Å². The highest BCUT2D eigenvalue weighted by Crippen LogP contribution is 2.66. The van der Waals surface area contributed by atoms with Crippen LogP contribution in [-0.2, 0) is 4.79 Å². The molecule has 19 heavy (non-hydrogen) atoms. The lowest BCUT2D eigenvalue weighted by Gasteiger charge is -2.31. The molecular weight excluding hydrogens is 256 g/mol. The fraction of sp³-hybridized carbons (Fsp3) is 0.471. The van der Waals surface area contributed by atoms with E-state index in [4.69, 9.17) is 11.6 Å². The average Bonchev–Trinajstić information content (AvgIpc) is 2.71. The first-order valence-electron chi connectivity index (χ1n) is 6.89. The van der Waals surface area contributed by atoms with Crippen molar-refractivity contribution in [3.8, 4) is 0 Å². The number of hydrogen-bond donors (Lipinski definition) is 0. The van der Waals surface area contributed by atoms with Crippen molar-refractivity contribution in [3.63, 3.8) is 0 Å². The molecule has 2 heteroatoms. The lowest BCUT2D eigenvalue weighted by atomic mass is 9.70. The molecule has 0 aliphatic heterocycles. The number of rotatable bonds is 1. The van der Waals surface area contributed by atoms with E-state index in [-0.39, 0.29) is 16.6 Å². The van der Waals surface area contributed by atoms with Crippen LogP contribution in [0.3, 0.4) is 0 Å². The number of Topliss-reactive ketones (excluding diaryl/α,β-unsaturated/α-hetero) is 1. The van der Waals surface area contributed by atoms with Crippen LogP contribution in [0.25, 0.3) is 5.03 Å². The van der Waals surface area contributed by atoms with Crippen molar-refractivity contribution in [1.82, 2.24) is 0 Å². The maximum Gasteiger partial charge on any atom is 0.167 e. The first-order valence-corrected chi connectivity index (χ1v) is 7.27. The summed E-state index contributed by atoms with van der Waals surface area (Å²) in [4.78, 5) is 12.8. The summed E-state index contributed by atoms with van der Waals surface area (Å²) >= 11 is 6.55. The van der Waals surface area contributed by atoms with E-state index < -0.39 is 0 Å². The van der Waals surface area contributed by atoms with Gasteiger partial charge in [-0.3, -0.25) is 4.79 Å². The molecule has 2 aliphatic rings. The van der Waals surface area contributed by atoms with Gasteiger partial charge >= 0.3 is 0 Å². The summed E-state index contributed by atoms with van der Waals surface area (Å²) in [7, 11) is 0. The summed E-state index contributed by atoms with van der Waals surface area (Å²) < 4.78 is 0. The molecule has 3 rings (SSSR count). The number of hydrogen-bond acceptors (Lipinski definition) is 1. The Balaban J connectivity index is 2.16. The maximum atomic E-state index is 12.8. The van der Waals surface area contributed by atoms with Gasteiger partial charge in [0.1, 0.15) is 0 Å². The van der Waals surface area contributed by atoms with Gasteiger partial charge in [-0.2, -0.15) is 0 Å². The summed E-state index contributed by atoms with van der Waals surface area (Å²) in [6.07, 6.45) is 2.07. The van der Waals surface area contributed by atoms with Crippen LogP contribution in [-0.4, -0.2) is 5.78 Å². The Bertz CT molecular complexity index is 570. The van der Waals surface area contributed by atoms with E-state index in [1.807, 2.05) is 30.3 Å². The first-order chi connectivity index (χ1) is 8.89. The van der Waals surface area contributed by atoms with E-state index in [0.717, 1.165) is 24.0 Å². The van der Waals surface area contributed by atoms with E-state index in [9.17, 15) is 4.79 Å². The average molecular weight is 275 g/mol. The molecule has 1 aromatic rings. The molecule has 0 N–H and O–H groups in total. The topological polar surface area (TPSA) is 17.1 Å². The minimum atomic E-state index is -0.234. The quantitative estimate of drug-likeness (QED) is 0.681. The van der Waals surface area contributed by atoms with Gasteiger partial charge in [-0.25, -0.2) is 0 Å². The van der Waals surface area contributed by atoms with Crippen LogP contribution in [0.15, 0.2) is 35.9 Å². The van der Waals surface area contributed by atoms with Crippen LogP contribution in [0.5, 0.6) is 0 Å². The highest BCUT2D eigenvalue weighted by molar-refractivity contribution is 6.51. The van der Waals surface area contributed by atoms with Crippen molar-refractivity contribution in [2.75, 3.05) is 0 Å². The molecule has 2 aliphatic carbocycles. The Hall–Kier alpha value is -1.08. The van der Waals surface area contributed by atoms with E-state index in [0.29, 0.717) is 11.0 Å². The number of allylic oxidation sites excluding steroid dienone is 1. The number of fused-ring (bicyclic) bond motifs is 2. The molecule has 1 aromatic carbocycles. The molecule has 100 valence electrons. The Morgan fingerprint density at radius 2 is 1.84 bits per heavy atom. The minimum Gasteiger partial charge on any atom is -0.294 e. The van der Waals surface area contributed by atoms with Crippen LogP contribution < -0.4 is 0 Å². The monoisotopic (exact) mass is 274 g/mol. The van der Waals surface area contributed by atoms with Gasteiger partial charge in [0.05, 0.1) is 5.03 Å². The van der Waals surface area contributed by atoms with Crippen molar-refractivity contribution in [2.24, 2.45) is 16.7 Å². The minimum absolute atomic E-state index is 0.0222. The maximum absolute atomic E-state index is 12.8. The Labute approximate surface area is 119 Å². The zero-order valence-corrected chi connectivity index (χ0v) is 12.4. The number of carbonyl (C=O) groups is 1. The second kappa shape index (κ2) is 3.96. The molecule has 0 amide bonds. The van der Waals surface area contributed by atoms with Gasteiger partial charge in [-0.1, -0.05) is 62.7 Å². The molecule has 2 bridgehead atoms. The van der Waals surface area contributed by atoms with Crippen molar-refractivity contribution in [2.45, 2.75) is 33.6 Å². The van der Waals surface area contributed by atoms with Gasteiger partial charge in [-0.15, -0.1) is 0 Å². The highest BCUT2D eigenvalue weighted by atomic mass is 35.5. The molecule has 0 radical (unpaired) electrons. The molecule has 0 saturated heterocycles. The van der Waals surface area contributed by atoms with E-state index in [2.05, 4.69) is 20.8 Å². The molecule has 1 nitrogen and oxygen atoms in total. The largest absolute Gasteiger partial charge is 0.294 e. The summed E-state index contributed by atoms with van der Waals surface area (Å²) in [6.45, 7) is 6.53. The van der Waals surface area contributed by atoms with Crippen LogP contribution in [0.2, 0.25) is 0 Å². The van der Waals surface area contributed by atoms with Crippen molar-refractivity contribution in [1.29, 1.82) is 0 Å². The molecule has 0 spiro atoms. The predicted octanol–water partition coefficient (Wildman–Crippen LogP) is 4.66. The summed E-state index contributed by atoms with van der Waals surface area (Å²) in [5.74, 6) is 0.570. The lowest BCUT2D eigenvalue weighted by Crippen LogP contribution is -2.32. The molecular formula is C17H19ClO. The molecule has 2 atom stereocenters. The standard InChI is InChI=1S/C17H19ClO/c1-16(2)12-9-10-17(16,3)15(19)13(12)14(18)11-7-5-4-6-8-11/h4-8,12H,9-10H2,1-3H3/b14-13+/t12-,17+/m1/s1. The summed E-state index contributed by atoms with van der Waals surface area (Å²) in [5.41, 5.74) is 1.61. The third-order valence-corrected chi connectivity index (χ3v) is 6.01. The first kappa shape index (κ1) is 12.9. The fourth-order valence-electron chi connectivity index (χ4n) is 3.86.